The summed E-state index contributed by atoms with van der Waals surface area (Å²) in [6.07, 6.45) is 3.87. The number of rotatable bonds is 20. The van der Waals surface area contributed by atoms with Gasteiger partial charge in [0, 0.05) is 85.9 Å². The summed E-state index contributed by atoms with van der Waals surface area (Å²) in [5.41, 5.74) is 7.17. The summed E-state index contributed by atoms with van der Waals surface area (Å²) < 4.78 is 59.3. The number of carbonyl (C=O) groups is 3. The molecule has 5 heterocycles. The smallest absolute Gasteiger partial charge is 0.418 e. The maximum absolute atomic E-state index is 15.6. The molecule has 21 nitrogen and oxygen atoms in total. The van der Waals surface area contributed by atoms with Crippen molar-refractivity contribution >= 4 is 35.2 Å². The fourth-order valence-electron chi connectivity index (χ4n) is 9.24. The second-order valence-corrected chi connectivity index (χ2v) is 18.5. The SMILES string of the molecule is CCC([C@H](C)O)n1ncn(-c2ccc(N3CCN(c4ccc(OC[C@@H]5CO[C@@](Cn6c[n+](C(C)OC(=O)N(C)c7ncccc7COC(=O)C[C@H](N)C(=O)O)cn6)(c6ccc(F)cc6F)C5)cc4)CC3)cc2)c1=O. The molecular weight excluding hydrogens is 965 g/mol. The quantitative estimate of drug-likeness (QED) is 0.0705. The number of pyridine rings is 1. The Hall–Kier alpha value is -7.76. The highest BCUT2D eigenvalue weighted by Crippen LogP contribution is 2.42. The number of ether oxygens (including phenoxy) is 4. The van der Waals surface area contributed by atoms with Gasteiger partial charge in [0.15, 0.2) is 0 Å². The first kappa shape index (κ1) is 52.6. The summed E-state index contributed by atoms with van der Waals surface area (Å²) in [5, 5.41) is 27.8. The standard InChI is InChI=1S/C51H59F2N11O10/c1-5-45(33(2)65)64-49(69)63(31-57-64)40-11-9-38(10-12-40)59-19-21-60(22-20-59)39-13-15-41(16-14-39)71-26-35-25-51(73-27-35,42-17-8-37(52)23-43(42)53)29-62-32-61(30-56-62)34(3)74-50(70)58(4)47-36(7-6-18-55-47)28-72-46(66)24-44(54)48(67)68/h6-18,23,30-35,44-45,65H,5,19-22,24-29,54H2,1-4H3/p+1/t33-,34?,35+,44-,45?,51-/m0/s1. The van der Waals surface area contributed by atoms with Gasteiger partial charge >= 0.3 is 23.7 Å². The average molecular weight is 1030 g/mol. The molecule has 4 N–H and O–H groups in total. The Kier molecular flexibility index (Phi) is 16.3. The van der Waals surface area contributed by atoms with E-state index < -0.39 is 66.1 Å². The maximum Gasteiger partial charge on any atom is 0.418 e. The molecule has 6 atom stereocenters. The number of aromatic nitrogens is 7. The molecule has 2 fully saturated rings. The molecule has 3 aromatic carbocycles. The van der Waals surface area contributed by atoms with Crippen LogP contribution in [0.2, 0.25) is 0 Å². The number of aliphatic hydroxyl groups is 1. The number of amides is 1. The number of carboxylic acid groups (broad SMARTS) is 1. The fraction of sp³-hybridized carbons (Fsp3) is 0.412. The maximum atomic E-state index is 15.6. The molecule has 392 valence electrons. The van der Waals surface area contributed by atoms with Crippen LogP contribution in [0.5, 0.6) is 5.75 Å². The number of hydrogen-bond acceptors (Lipinski definition) is 15. The van der Waals surface area contributed by atoms with Crippen molar-refractivity contribution in [2.45, 2.75) is 83.2 Å². The van der Waals surface area contributed by atoms with Gasteiger partial charge in [0.1, 0.15) is 54.3 Å². The van der Waals surface area contributed by atoms with E-state index in [1.165, 1.54) is 56.5 Å². The molecule has 3 aromatic heterocycles. The summed E-state index contributed by atoms with van der Waals surface area (Å²) in [4.78, 5) is 59.6. The molecule has 8 rings (SSSR count). The molecule has 2 saturated heterocycles. The third-order valence-electron chi connectivity index (χ3n) is 13.3. The van der Waals surface area contributed by atoms with Gasteiger partial charge in [0.05, 0.1) is 37.5 Å². The lowest BCUT2D eigenvalue weighted by Crippen LogP contribution is -2.46. The predicted octanol–water partition coefficient (Wildman–Crippen LogP) is 4.50. The van der Waals surface area contributed by atoms with Gasteiger partial charge in [-0.25, -0.2) is 32.6 Å². The largest absolute Gasteiger partial charge is 0.493 e. The molecule has 0 spiro atoms. The summed E-state index contributed by atoms with van der Waals surface area (Å²) >= 11 is 0. The van der Waals surface area contributed by atoms with Gasteiger partial charge in [0.2, 0.25) is 12.6 Å². The average Bonchev–Trinajstić information content (AvgIpc) is 4.14. The Morgan fingerprint density at radius 3 is 2.30 bits per heavy atom. The second-order valence-electron chi connectivity index (χ2n) is 18.5. The highest BCUT2D eigenvalue weighted by atomic mass is 19.1. The molecule has 0 saturated carbocycles. The van der Waals surface area contributed by atoms with E-state index in [1.807, 2.05) is 55.5 Å². The molecule has 6 aromatic rings. The zero-order chi connectivity index (χ0) is 52.7. The molecule has 0 bridgehead atoms. The van der Waals surface area contributed by atoms with E-state index in [9.17, 15) is 28.7 Å². The number of carboxylic acids is 1. The van der Waals surface area contributed by atoms with Crippen molar-refractivity contribution in [3.63, 3.8) is 0 Å². The minimum absolute atomic E-state index is 0.0269. The lowest BCUT2D eigenvalue weighted by atomic mass is 9.87. The minimum atomic E-state index is -1.43. The van der Waals surface area contributed by atoms with Gasteiger partial charge in [-0.15, -0.1) is 4.68 Å². The van der Waals surface area contributed by atoms with Crippen molar-refractivity contribution in [3.05, 3.63) is 137 Å². The van der Waals surface area contributed by atoms with Crippen molar-refractivity contribution < 1.29 is 56.9 Å². The highest BCUT2D eigenvalue weighted by Gasteiger charge is 2.46. The molecule has 0 aliphatic carbocycles. The summed E-state index contributed by atoms with van der Waals surface area (Å²) in [6.45, 7) is 8.53. The van der Waals surface area contributed by atoms with Gasteiger partial charge in [0.25, 0.3) is 6.33 Å². The van der Waals surface area contributed by atoms with Crippen molar-refractivity contribution in [1.29, 1.82) is 0 Å². The topological polar surface area (TPSA) is 239 Å². The van der Waals surface area contributed by atoms with Crippen LogP contribution < -0.4 is 35.4 Å². The van der Waals surface area contributed by atoms with Crippen molar-refractivity contribution in [2.75, 3.05) is 61.1 Å². The van der Waals surface area contributed by atoms with Crippen LogP contribution in [0.15, 0.2) is 109 Å². The number of piperazine rings is 1. The van der Waals surface area contributed by atoms with Gasteiger partial charge in [-0.2, -0.15) is 9.67 Å². The van der Waals surface area contributed by atoms with Crippen LogP contribution in [-0.2, 0) is 42.6 Å². The second kappa shape index (κ2) is 23.0. The normalized spacial score (nSPS) is 18.4. The summed E-state index contributed by atoms with van der Waals surface area (Å²) in [7, 11) is 1.42. The number of benzene rings is 3. The summed E-state index contributed by atoms with van der Waals surface area (Å²) in [6, 6.07) is 20.4. The number of aliphatic hydroxyl groups excluding tert-OH is 1. The number of carbonyl (C=O) groups excluding carboxylic acids is 2. The molecule has 1 amide bonds. The number of hydrogen-bond donors (Lipinski definition) is 3. The number of nitrogens with two attached hydrogens (primary N) is 1. The van der Waals surface area contributed by atoms with Crippen LogP contribution in [0.4, 0.5) is 30.8 Å². The van der Waals surface area contributed by atoms with Gasteiger partial charge in [-0.3, -0.25) is 14.5 Å². The van der Waals surface area contributed by atoms with Crippen LogP contribution in [0.1, 0.15) is 63.4 Å². The number of aliphatic carboxylic acids is 1. The Morgan fingerprint density at radius 1 is 0.973 bits per heavy atom. The van der Waals surface area contributed by atoms with Crippen molar-refractivity contribution in [2.24, 2.45) is 11.7 Å². The third kappa shape index (κ3) is 12.0. The molecule has 2 aliphatic rings. The first-order valence-corrected chi connectivity index (χ1v) is 24.2. The first-order chi connectivity index (χ1) is 35.5. The van der Waals surface area contributed by atoms with Crippen molar-refractivity contribution in [3.8, 4) is 11.4 Å². The van der Waals surface area contributed by atoms with E-state index in [-0.39, 0.29) is 49.4 Å². The Balaban J connectivity index is 0.844. The Labute approximate surface area is 424 Å². The van der Waals surface area contributed by atoms with Gasteiger partial charge in [-0.1, -0.05) is 19.1 Å². The van der Waals surface area contributed by atoms with Crippen molar-refractivity contribution in [1.82, 2.24) is 29.1 Å². The summed E-state index contributed by atoms with van der Waals surface area (Å²) in [5.74, 6) is -3.07. The zero-order valence-electron chi connectivity index (χ0n) is 41.4. The van der Waals surface area contributed by atoms with Gasteiger partial charge in [-0.05, 0) is 80.4 Å². The predicted molar refractivity (Wildman–Crippen MR) is 264 cm³/mol. The number of esters is 1. The molecular formula is C51H60F2N11O10+. The van der Waals surface area contributed by atoms with E-state index >= 15 is 4.39 Å². The molecule has 23 heteroatoms. The van der Waals surface area contributed by atoms with E-state index in [4.69, 9.17) is 29.8 Å². The lowest BCUT2D eigenvalue weighted by Gasteiger charge is -2.37. The van der Waals surface area contributed by atoms with Crippen LogP contribution >= 0.6 is 0 Å². The zero-order valence-corrected chi connectivity index (χ0v) is 41.4. The lowest BCUT2D eigenvalue weighted by molar-refractivity contribution is -0.753. The Bertz CT molecular complexity index is 2960. The third-order valence-corrected chi connectivity index (χ3v) is 13.3. The number of nitrogens with zero attached hydrogens (tertiary/aromatic N) is 10. The molecule has 2 aliphatic heterocycles. The molecule has 0 radical (unpaired) electrons. The van der Waals surface area contributed by atoms with Crippen LogP contribution in [0.25, 0.3) is 5.69 Å². The minimum Gasteiger partial charge on any atom is -0.493 e. The van der Waals surface area contributed by atoms with E-state index in [0.29, 0.717) is 29.8 Å². The molecule has 2 unspecified atom stereocenters. The van der Waals surface area contributed by atoms with Crippen LogP contribution in [-0.4, -0.2) is 116 Å². The number of halogens is 2. The first-order valence-electron chi connectivity index (χ1n) is 24.2. The van der Waals surface area contributed by atoms with Gasteiger partial charge < -0.3 is 44.7 Å². The fourth-order valence-corrected chi connectivity index (χ4v) is 9.24. The van der Waals surface area contributed by atoms with E-state index in [0.717, 1.165) is 48.5 Å². The van der Waals surface area contributed by atoms with Crippen LogP contribution in [0.3, 0.4) is 0 Å². The van der Waals surface area contributed by atoms with E-state index in [1.54, 1.807) is 32.3 Å². The monoisotopic (exact) mass is 1020 g/mol. The molecule has 74 heavy (non-hydrogen) atoms. The number of anilines is 3. The Morgan fingerprint density at radius 2 is 1.65 bits per heavy atom. The highest BCUT2D eigenvalue weighted by molar-refractivity contribution is 5.86. The van der Waals surface area contributed by atoms with Crippen LogP contribution in [0, 0.1) is 17.6 Å². The van der Waals surface area contributed by atoms with E-state index in [2.05, 4.69) is 25.0 Å².